The average Bonchev–Trinajstić information content (AvgIpc) is 3.55. The molecule has 4 heterocycles. The van der Waals surface area contributed by atoms with Gasteiger partial charge in [-0.05, 0) is 79.3 Å². The van der Waals surface area contributed by atoms with Crippen LogP contribution in [0.3, 0.4) is 0 Å². The molecule has 1 aliphatic carbocycles. The van der Waals surface area contributed by atoms with Crippen molar-refractivity contribution in [1.29, 1.82) is 0 Å². The maximum Gasteiger partial charge on any atom is 0.254 e. The lowest BCUT2D eigenvalue weighted by molar-refractivity contribution is 0.0514. The summed E-state index contributed by atoms with van der Waals surface area (Å²) >= 11 is 6.40. The first-order chi connectivity index (χ1) is 19.0. The second kappa shape index (κ2) is 9.60. The zero-order valence-electron chi connectivity index (χ0n) is 22.0. The van der Waals surface area contributed by atoms with Gasteiger partial charge in [-0.25, -0.2) is 0 Å². The number of halogens is 1. The highest BCUT2D eigenvalue weighted by Gasteiger charge is 2.39. The molecule has 0 unspecified atom stereocenters. The molecule has 2 fully saturated rings. The van der Waals surface area contributed by atoms with E-state index < -0.39 is 0 Å². The Morgan fingerprint density at radius 1 is 0.949 bits per heavy atom. The molecule has 1 amide bonds. The van der Waals surface area contributed by atoms with Gasteiger partial charge in [-0.15, -0.1) is 0 Å². The Morgan fingerprint density at radius 3 is 2.41 bits per heavy atom. The number of fused-ring (bicyclic) bond motifs is 2. The van der Waals surface area contributed by atoms with Crippen LogP contribution in [-0.2, 0) is 6.42 Å². The minimum atomic E-state index is -0.00794. The molecule has 6 nitrogen and oxygen atoms in total. The number of hydrogen-bond donors (Lipinski definition) is 1. The monoisotopic (exact) mass is 540 g/mol. The van der Waals surface area contributed by atoms with Crippen LogP contribution in [0.4, 0.5) is 5.69 Å². The third-order valence-electron chi connectivity index (χ3n) is 9.56. The van der Waals surface area contributed by atoms with E-state index in [0.717, 1.165) is 73.9 Å². The molecule has 1 spiro atoms. The molecular weight excluding hydrogens is 508 g/mol. The Kier molecular flexibility index (Phi) is 6.03. The number of carbonyl (C=O) groups excluding carboxylic acids is 1. The van der Waals surface area contributed by atoms with Crippen molar-refractivity contribution in [1.82, 2.24) is 14.5 Å². The molecular formula is C32H33ClN4O2. The molecule has 2 aliphatic heterocycles. The zero-order chi connectivity index (χ0) is 26.6. The standard InChI is InChI=1S/C32H33ClN4O2/c33-27-6-1-3-22-21-37(31(39)29(22)27)28-8-7-24-25(28)4-2-5-26(24)30(38)36-19-13-32(14-20-36)11-17-35(18-12-32)23-9-15-34-16-10-23/h1-6,9-10,15-16,21,28,39H,7-8,11-14,17-20H2/t28-/m1/s1. The highest BCUT2D eigenvalue weighted by Crippen LogP contribution is 2.44. The second-order valence-electron chi connectivity index (χ2n) is 11.5. The zero-order valence-corrected chi connectivity index (χ0v) is 22.8. The number of rotatable bonds is 3. The number of piperidine rings is 2. The smallest absolute Gasteiger partial charge is 0.254 e. The minimum Gasteiger partial charge on any atom is -0.494 e. The summed E-state index contributed by atoms with van der Waals surface area (Å²) in [6.07, 6.45) is 11.9. The van der Waals surface area contributed by atoms with Crippen molar-refractivity contribution in [2.45, 2.75) is 44.6 Å². The van der Waals surface area contributed by atoms with E-state index in [-0.39, 0.29) is 17.8 Å². The topological polar surface area (TPSA) is 61.6 Å². The fourth-order valence-corrected chi connectivity index (χ4v) is 7.50. The van der Waals surface area contributed by atoms with Gasteiger partial charge >= 0.3 is 0 Å². The summed E-state index contributed by atoms with van der Waals surface area (Å²) < 4.78 is 1.93. The second-order valence-corrected chi connectivity index (χ2v) is 11.9. The SMILES string of the molecule is O=C(c1cccc2c1CC[C@H]2n1cc2cccc(Cl)c2c1O)N1CCC2(CC1)CCN(c1ccncc1)CC2. The highest BCUT2D eigenvalue weighted by molar-refractivity contribution is 6.36. The lowest BCUT2D eigenvalue weighted by Gasteiger charge is -2.47. The van der Waals surface area contributed by atoms with E-state index in [1.807, 2.05) is 47.4 Å². The first kappa shape index (κ1) is 24.5. The van der Waals surface area contributed by atoms with Gasteiger partial charge in [0, 0.05) is 61.4 Å². The van der Waals surface area contributed by atoms with E-state index in [2.05, 4.69) is 33.0 Å². The Labute approximate surface area is 233 Å². The van der Waals surface area contributed by atoms with Gasteiger partial charge in [0.25, 0.3) is 5.91 Å². The number of anilines is 1. The van der Waals surface area contributed by atoms with Crippen LogP contribution in [0, 0.1) is 5.41 Å². The minimum absolute atomic E-state index is 0.00794. The number of benzene rings is 2. The summed E-state index contributed by atoms with van der Waals surface area (Å²) in [5.74, 6) is 0.350. The van der Waals surface area contributed by atoms with Crippen LogP contribution >= 0.6 is 11.6 Å². The van der Waals surface area contributed by atoms with Gasteiger partial charge in [0.1, 0.15) is 0 Å². The van der Waals surface area contributed by atoms with Crippen LogP contribution in [0.15, 0.2) is 67.1 Å². The summed E-state index contributed by atoms with van der Waals surface area (Å²) in [5, 5.41) is 13.2. The van der Waals surface area contributed by atoms with Gasteiger partial charge in [0.2, 0.25) is 5.88 Å². The number of carbonyl (C=O) groups is 1. The molecule has 0 saturated carbocycles. The molecule has 2 saturated heterocycles. The van der Waals surface area contributed by atoms with Crippen LogP contribution in [-0.4, -0.2) is 51.6 Å². The van der Waals surface area contributed by atoms with Gasteiger partial charge in [-0.2, -0.15) is 0 Å². The summed E-state index contributed by atoms with van der Waals surface area (Å²) in [7, 11) is 0. The predicted molar refractivity (Wildman–Crippen MR) is 155 cm³/mol. The summed E-state index contributed by atoms with van der Waals surface area (Å²) in [4.78, 5) is 22.5. The Bertz CT molecular complexity index is 1530. The lowest BCUT2D eigenvalue weighted by Crippen LogP contribution is -2.48. The average molecular weight is 541 g/mol. The third-order valence-corrected chi connectivity index (χ3v) is 9.88. The van der Waals surface area contributed by atoms with Gasteiger partial charge in [-0.3, -0.25) is 9.78 Å². The van der Waals surface area contributed by atoms with Crippen molar-refractivity contribution in [3.05, 3.63) is 88.8 Å². The number of nitrogens with zero attached hydrogens (tertiary/aromatic N) is 4. The van der Waals surface area contributed by atoms with E-state index in [9.17, 15) is 9.90 Å². The molecule has 0 bridgehead atoms. The van der Waals surface area contributed by atoms with Gasteiger partial charge in [0.05, 0.1) is 16.5 Å². The first-order valence-corrected chi connectivity index (χ1v) is 14.4. The molecule has 7 rings (SSSR count). The normalized spacial score (nSPS) is 20.5. The van der Waals surface area contributed by atoms with E-state index in [1.54, 1.807) is 6.07 Å². The van der Waals surface area contributed by atoms with Gasteiger partial charge in [-0.1, -0.05) is 35.9 Å². The largest absolute Gasteiger partial charge is 0.494 e. The maximum atomic E-state index is 13.8. The van der Waals surface area contributed by atoms with Crippen LogP contribution < -0.4 is 4.90 Å². The highest BCUT2D eigenvalue weighted by atomic mass is 35.5. The first-order valence-electron chi connectivity index (χ1n) is 14.1. The molecule has 4 aromatic rings. The molecule has 2 aromatic carbocycles. The fourth-order valence-electron chi connectivity index (χ4n) is 7.23. The van der Waals surface area contributed by atoms with E-state index in [1.165, 1.54) is 18.5 Å². The van der Waals surface area contributed by atoms with Crippen LogP contribution in [0.2, 0.25) is 5.02 Å². The molecule has 7 heteroatoms. The van der Waals surface area contributed by atoms with Gasteiger partial charge in [0.15, 0.2) is 0 Å². The van der Waals surface area contributed by atoms with Crippen molar-refractivity contribution in [3.63, 3.8) is 0 Å². The predicted octanol–water partition coefficient (Wildman–Crippen LogP) is 6.45. The van der Waals surface area contributed by atoms with Crippen molar-refractivity contribution in [3.8, 4) is 5.88 Å². The number of aromatic nitrogens is 2. The third kappa shape index (κ3) is 4.17. The molecule has 3 aliphatic rings. The van der Waals surface area contributed by atoms with Crippen LogP contribution in [0.1, 0.15) is 59.6 Å². The molecule has 1 atom stereocenters. The van der Waals surface area contributed by atoms with E-state index in [0.29, 0.717) is 15.8 Å². The van der Waals surface area contributed by atoms with Crippen LogP contribution in [0.25, 0.3) is 10.8 Å². The molecule has 1 N–H and O–H groups in total. The number of amides is 1. The summed E-state index contributed by atoms with van der Waals surface area (Å²) in [6, 6.07) is 16.0. The Morgan fingerprint density at radius 2 is 1.67 bits per heavy atom. The Balaban J connectivity index is 1.06. The molecule has 2 aromatic heterocycles. The van der Waals surface area contributed by atoms with Crippen molar-refractivity contribution in [2.24, 2.45) is 5.41 Å². The van der Waals surface area contributed by atoms with Crippen molar-refractivity contribution in [2.75, 3.05) is 31.1 Å². The quantitative estimate of drug-likeness (QED) is 0.324. The van der Waals surface area contributed by atoms with E-state index in [4.69, 9.17) is 11.6 Å². The Hall–Kier alpha value is -3.51. The summed E-state index contributed by atoms with van der Waals surface area (Å²) in [5.41, 5.74) is 4.69. The number of likely N-dealkylation sites (tertiary alicyclic amines) is 1. The van der Waals surface area contributed by atoms with Crippen LogP contribution in [0.5, 0.6) is 5.88 Å². The summed E-state index contributed by atoms with van der Waals surface area (Å²) in [6.45, 7) is 3.78. The molecule has 39 heavy (non-hydrogen) atoms. The van der Waals surface area contributed by atoms with Crippen molar-refractivity contribution < 1.29 is 9.90 Å². The van der Waals surface area contributed by atoms with Crippen molar-refractivity contribution >= 4 is 34.0 Å². The number of pyridine rings is 1. The number of aromatic hydroxyl groups is 1. The molecule has 0 radical (unpaired) electrons. The fraction of sp³-hybridized carbons (Fsp3) is 0.375. The number of hydrogen-bond acceptors (Lipinski definition) is 4. The lowest BCUT2D eigenvalue weighted by atomic mass is 9.71. The van der Waals surface area contributed by atoms with Gasteiger partial charge < -0.3 is 19.5 Å². The maximum absolute atomic E-state index is 13.8. The molecule has 200 valence electrons. The van der Waals surface area contributed by atoms with E-state index >= 15 is 0 Å².